The lowest BCUT2D eigenvalue weighted by molar-refractivity contribution is 0.579. The SMILES string of the molecule is Fc1ccc2c(N3CCCCC3)ccnc2c1. The number of hydrogen-bond donors (Lipinski definition) is 0. The van der Waals surface area contributed by atoms with Crippen LogP contribution in [-0.4, -0.2) is 18.1 Å². The summed E-state index contributed by atoms with van der Waals surface area (Å²) in [6.07, 6.45) is 5.57. The first-order valence-electron chi connectivity index (χ1n) is 6.14. The molecule has 1 saturated heterocycles. The molecule has 0 N–H and O–H groups in total. The number of rotatable bonds is 1. The third-order valence-electron chi connectivity index (χ3n) is 3.38. The molecule has 0 saturated carbocycles. The first-order valence-corrected chi connectivity index (χ1v) is 6.14. The van der Waals surface area contributed by atoms with Crippen molar-refractivity contribution in [3.05, 3.63) is 36.3 Å². The first kappa shape index (κ1) is 10.5. The van der Waals surface area contributed by atoms with Gasteiger partial charge in [0.05, 0.1) is 5.52 Å². The summed E-state index contributed by atoms with van der Waals surface area (Å²) in [5.41, 5.74) is 1.93. The molecule has 0 unspecified atom stereocenters. The Hall–Kier alpha value is -1.64. The summed E-state index contributed by atoms with van der Waals surface area (Å²) in [5, 5.41) is 1.05. The average Bonchev–Trinajstić information content (AvgIpc) is 2.39. The van der Waals surface area contributed by atoms with E-state index in [4.69, 9.17) is 0 Å². The van der Waals surface area contributed by atoms with Gasteiger partial charge >= 0.3 is 0 Å². The molecule has 0 radical (unpaired) electrons. The summed E-state index contributed by atoms with van der Waals surface area (Å²) in [6, 6.07) is 6.88. The highest BCUT2D eigenvalue weighted by Gasteiger charge is 2.13. The molecule has 88 valence electrons. The van der Waals surface area contributed by atoms with Crippen molar-refractivity contribution >= 4 is 16.6 Å². The molecule has 1 fully saturated rings. The topological polar surface area (TPSA) is 16.1 Å². The molecule has 1 aliphatic rings. The molecule has 0 amide bonds. The van der Waals surface area contributed by atoms with Crippen LogP contribution >= 0.6 is 0 Å². The Labute approximate surface area is 100 Å². The highest BCUT2D eigenvalue weighted by atomic mass is 19.1. The molecule has 2 nitrogen and oxygen atoms in total. The van der Waals surface area contributed by atoms with Crippen LogP contribution in [-0.2, 0) is 0 Å². The third kappa shape index (κ3) is 1.97. The molecule has 3 heteroatoms. The molecule has 0 bridgehead atoms. The maximum absolute atomic E-state index is 13.2. The van der Waals surface area contributed by atoms with Gasteiger partial charge in [-0.15, -0.1) is 0 Å². The number of hydrogen-bond acceptors (Lipinski definition) is 2. The van der Waals surface area contributed by atoms with Crippen molar-refractivity contribution in [2.75, 3.05) is 18.0 Å². The molecule has 1 aliphatic heterocycles. The van der Waals surface area contributed by atoms with Crippen LogP contribution in [0, 0.1) is 5.82 Å². The van der Waals surface area contributed by atoms with Crippen molar-refractivity contribution in [3.8, 4) is 0 Å². The summed E-state index contributed by atoms with van der Waals surface area (Å²) in [4.78, 5) is 6.61. The largest absolute Gasteiger partial charge is 0.371 e. The summed E-state index contributed by atoms with van der Waals surface area (Å²) in [5.74, 6) is -0.221. The Kier molecular flexibility index (Phi) is 2.67. The van der Waals surface area contributed by atoms with Gasteiger partial charge in [-0.05, 0) is 37.5 Å². The van der Waals surface area contributed by atoms with Crippen LogP contribution in [0.25, 0.3) is 10.9 Å². The fourth-order valence-corrected chi connectivity index (χ4v) is 2.52. The van der Waals surface area contributed by atoms with E-state index in [9.17, 15) is 4.39 Å². The van der Waals surface area contributed by atoms with E-state index in [-0.39, 0.29) is 5.82 Å². The van der Waals surface area contributed by atoms with Gasteiger partial charge in [0.1, 0.15) is 5.82 Å². The zero-order valence-electron chi connectivity index (χ0n) is 9.69. The van der Waals surface area contributed by atoms with Crippen LogP contribution in [0.15, 0.2) is 30.5 Å². The molecule has 2 aromatic rings. The third-order valence-corrected chi connectivity index (χ3v) is 3.38. The van der Waals surface area contributed by atoms with E-state index in [1.54, 1.807) is 6.20 Å². The summed E-state index contributed by atoms with van der Waals surface area (Å²) in [6.45, 7) is 2.19. The molecule has 0 aliphatic carbocycles. The van der Waals surface area contributed by atoms with Crippen LogP contribution in [0.5, 0.6) is 0 Å². The van der Waals surface area contributed by atoms with Gasteiger partial charge in [0.2, 0.25) is 0 Å². The lowest BCUT2D eigenvalue weighted by atomic mass is 10.1. The van der Waals surface area contributed by atoms with Crippen LogP contribution < -0.4 is 4.90 Å². The molecular formula is C14H15FN2. The van der Waals surface area contributed by atoms with Crippen LogP contribution in [0.2, 0.25) is 0 Å². The van der Waals surface area contributed by atoms with E-state index < -0.39 is 0 Å². The lowest BCUT2D eigenvalue weighted by Crippen LogP contribution is -2.29. The van der Waals surface area contributed by atoms with Crippen molar-refractivity contribution in [1.29, 1.82) is 0 Å². The molecule has 3 rings (SSSR count). The number of aromatic nitrogens is 1. The average molecular weight is 230 g/mol. The molecular weight excluding hydrogens is 215 g/mol. The number of piperidine rings is 1. The lowest BCUT2D eigenvalue weighted by Gasteiger charge is -2.29. The van der Waals surface area contributed by atoms with E-state index in [1.165, 1.54) is 37.1 Å². The van der Waals surface area contributed by atoms with Gasteiger partial charge in [0.15, 0.2) is 0 Å². The van der Waals surface area contributed by atoms with Gasteiger partial charge in [0, 0.05) is 36.4 Å². The minimum Gasteiger partial charge on any atom is -0.371 e. The molecule has 0 spiro atoms. The number of halogens is 1. The van der Waals surface area contributed by atoms with Crippen LogP contribution in [0.4, 0.5) is 10.1 Å². The number of anilines is 1. The molecule has 17 heavy (non-hydrogen) atoms. The zero-order valence-corrected chi connectivity index (χ0v) is 9.69. The van der Waals surface area contributed by atoms with E-state index in [2.05, 4.69) is 9.88 Å². The number of pyridine rings is 1. The minimum absolute atomic E-state index is 0.221. The Morgan fingerprint density at radius 3 is 2.71 bits per heavy atom. The maximum Gasteiger partial charge on any atom is 0.125 e. The number of nitrogens with zero attached hydrogens (tertiary/aromatic N) is 2. The summed E-state index contributed by atoms with van der Waals surface area (Å²) in [7, 11) is 0. The van der Waals surface area contributed by atoms with Gasteiger partial charge < -0.3 is 4.90 Å². The predicted octanol–water partition coefficient (Wildman–Crippen LogP) is 3.36. The Bertz CT molecular complexity index is 533. The second-order valence-corrected chi connectivity index (χ2v) is 4.54. The van der Waals surface area contributed by atoms with Crippen molar-refractivity contribution in [3.63, 3.8) is 0 Å². The fourth-order valence-electron chi connectivity index (χ4n) is 2.52. The van der Waals surface area contributed by atoms with E-state index in [0.29, 0.717) is 0 Å². The molecule has 2 heterocycles. The van der Waals surface area contributed by atoms with Crippen molar-refractivity contribution < 1.29 is 4.39 Å². The van der Waals surface area contributed by atoms with E-state index in [0.717, 1.165) is 24.0 Å². The quantitative estimate of drug-likeness (QED) is 0.746. The van der Waals surface area contributed by atoms with Crippen LogP contribution in [0.1, 0.15) is 19.3 Å². The highest BCUT2D eigenvalue weighted by Crippen LogP contribution is 2.27. The minimum atomic E-state index is -0.221. The smallest absolute Gasteiger partial charge is 0.125 e. The highest BCUT2D eigenvalue weighted by molar-refractivity contribution is 5.91. The van der Waals surface area contributed by atoms with Crippen molar-refractivity contribution in [2.24, 2.45) is 0 Å². The summed E-state index contributed by atoms with van der Waals surface area (Å²) >= 11 is 0. The predicted molar refractivity (Wildman–Crippen MR) is 67.8 cm³/mol. The summed E-state index contributed by atoms with van der Waals surface area (Å²) < 4.78 is 13.2. The second kappa shape index (κ2) is 4.32. The molecule has 0 atom stereocenters. The number of benzene rings is 1. The van der Waals surface area contributed by atoms with Gasteiger partial charge in [-0.2, -0.15) is 0 Å². The van der Waals surface area contributed by atoms with E-state index >= 15 is 0 Å². The normalized spacial score (nSPS) is 16.4. The van der Waals surface area contributed by atoms with Crippen molar-refractivity contribution in [2.45, 2.75) is 19.3 Å². The number of fused-ring (bicyclic) bond motifs is 1. The van der Waals surface area contributed by atoms with E-state index in [1.807, 2.05) is 12.1 Å². The van der Waals surface area contributed by atoms with Crippen LogP contribution in [0.3, 0.4) is 0 Å². The first-order chi connectivity index (χ1) is 8.34. The standard InChI is InChI=1S/C14H15FN2/c15-11-4-5-12-13(10-11)16-7-6-14(12)17-8-2-1-3-9-17/h4-7,10H,1-3,8-9H2. The Morgan fingerprint density at radius 1 is 1.06 bits per heavy atom. The monoisotopic (exact) mass is 230 g/mol. The van der Waals surface area contributed by atoms with Gasteiger partial charge in [-0.3, -0.25) is 4.98 Å². The zero-order chi connectivity index (χ0) is 11.7. The van der Waals surface area contributed by atoms with Gasteiger partial charge in [0.25, 0.3) is 0 Å². The fraction of sp³-hybridized carbons (Fsp3) is 0.357. The van der Waals surface area contributed by atoms with Gasteiger partial charge in [-0.1, -0.05) is 0 Å². The maximum atomic E-state index is 13.2. The molecule has 1 aromatic carbocycles. The second-order valence-electron chi connectivity index (χ2n) is 4.54. The van der Waals surface area contributed by atoms with Crippen molar-refractivity contribution in [1.82, 2.24) is 4.98 Å². The molecule has 1 aromatic heterocycles. The Morgan fingerprint density at radius 2 is 1.88 bits per heavy atom. The Balaban J connectivity index is 2.09. The van der Waals surface area contributed by atoms with Gasteiger partial charge in [-0.25, -0.2) is 4.39 Å².